The summed E-state index contributed by atoms with van der Waals surface area (Å²) in [7, 11) is 0. The molecule has 0 spiro atoms. The van der Waals surface area contributed by atoms with Crippen LogP contribution >= 0.6 is 0 Å². The highest BCUT2D eigenvalue weighted by atomic mass is 16.4. The second-order valence-electron chi connectivity index (χ2n) is 11.3. The summed E-state index contributed by atoms with van der Waals surface area (Å²) in [5.74, 6) is -0.590. The number of unbranched alkanes of at least 4 members (excludes halogenated alkanes) is 4. The van der Waals surface area contributed by atoms with Gasteiger partial charge in [-0.05, 0) is 25.7 Å². The molecule has 8 atom stereocenters. The van der Waals surface area contributed by atoms with Crippen molar-refractivity contribution in [2.45, 2.75) is 141 Å². The predicted octanol–water partition coefficient (Wildman–Crippen LogP) is 4.59. The molecule has 0 saturated carbocycles. The maximum atomic E-state index is 13.4. The minimum atomic E-state index is -0.862. The van der Waals surface area contributed by atoms with Gasteiger partial charge < -0.3 is 5.11 Å². The molecule has 33 heavy (non-hydrogen) atoms. The van der Waals surface area contributed by atoms with Gasteiger partial charge in [0, 0.05) is 50.3 Å². The standard InChI is InChI=1S/C27H50N4O2/c1-5-9-13-21-17-28(21)25(29-18-22(29)14-10-6-2)27(26(32)33,30-19-23(30)15-11-7-3)31-20-24(31)16-12-8-4/h21-25H,5-20H2,1-4H3,(H,32,33). The number of carboxylic acid groups (broad SMARTS) is 1. The minimum absolute atomic E-state index is 0.0111. The molecule has 0 bridgehead atoms. The molecule has 4 aliphatic heterocycles. The first-order valence-electron chi connectivity index (χ1n) is 14.3. The molecule has 190 valence electrons. The minimum Gasteiger partial charge on any atom is -0.479 e. The molecule has 8 unspecified atom stereocenters. The Labute approximate surface area is 202 Å². The fourth-order valence-corrected chi connectivity index (χ4v) is 6.42. The summed E-state index contributed by atoms with van der Waals surface area (Å²) >= 11 is 0. The first kappa shape index (κ1) is 25.4. The Morgan fingerprint density at radius 1 is 0.697 bits per heavy atom. The molecule has 0 aromatic carbocycles. The quantitative estimate of drug-likeness (QED) is 0.301. The van der Waals surface area contributed by atoms with Crippen LogP contribution in [0.25, 0.3) is 0 Å². The lowest BCUT2D eigenvalue weighted by Crippen LogP contribution is -2.67. The van der Waals surface area contributed by atoms with Gasteiger partial charge in [-0.3, -0.25) is 19.6 Å². The van der Waals surface area contributed by atoms with Crippen LogP contribution in [0, 0.1) is 0 Å². The van der Waals surface area contributed by atoms with Crippen molar-refractivity contribution >= 4 is 5.97 Å². The molecule has 0 radical (unpaired) electrons. The molecule has 6 heteroatoms. The number of hydrogen-bond acceptors (Lipinski definition) is 5. The summed E-state index contributed by atoms with van der Waals surface area (Å²) in [6.45, 7) is 13.1. The lowest BCUT2D eigenvalue weighted by atomic mass is 10.0. The van der Waals surface area contributed by atoms with Gasteiger partial charge in [0.25, 0.3) is 0 Å². The highest BCUT2D eigenvalue weighted by Gasteiger charge is 2.72. The average Bonchev–Trinajstić information content (AvgIpc) is 3.64. The molecule has 0 amide bonds. The van der Waals surface area contributed by atoms with E-state index < -0.39 is 11.6 Å². The second-order valence-corrected chi connectivity index (χ2v) is 11.3. The molecule has 0 aromatic heterocycles. The fourth-order valence-electron chi connectivity index (χ4n) is 6.42. The zero-order valence-corrected chi connectivity index (χ0v) is 21.8. The van der Waals surface area contributed by atoms with Crippen LogP contribution in [0.2, 0.25) is 0 Å². The van der Waals surface area contributed by atoms with E-state index >= 15 is 0 Å². The van der Waals surface area contributed by atoms with Gasteiger partial charge in [-0.2, -0.15) is 0 Å². The van der Waals surface area contributed by atoms with Crippen LogP contribution in [0.5, 0.6) is 0 Å². The van der Waals surface area contributed by atoms with E-state index in [1.165, 1.54) is 64.2 Å². The van der Waals surface area contributed by atoms with E-state index in [0.717, 1.165) is 39.0 Å². The molecular formula is C27H50N4O2. The van der Waals surface area contributed by atoms with Crippen molar-refractivity contribution in [3.05, 3.63) is 0 Å². The fraction of sp³-hybridized carbons (Fsp3) is 0.963. The van der Waals surface area contributed by atoms with Gasteiger partial charge in [-0.15, -0.1) is 0 Å². The van der Waals surface area contributed by atoms with E-state index in [9.17, 15) is 9.90 Å². The van der Waals surface area contributed by atoms with Crippen molar-refractivity contribution in [2.75, 3.05) is 26.2 Å². The van der Waals surface area contributed by atoms with Crippen LogP contribution in [0.1, 0.15) is 105 Å². The van der Waals surface area contributed by atoms with Crippen molar-refractivity contribution in [2.24, 2.45) is 0 Å². The van der Waals surface area contributed by atoms with E-state index in [0.29, 0.717) is 24.2 Å². The summed E-state index contributed by atoms with van der Waals surface area (Å²) in [6.07, 6.45) is 14.4. The molecule has 4 aliphatic rings. The molecule has 4 heterocycles. The van der Waals surface area contributed by atoms with Gasteiger partial charge in [-0.1, -0.05) is 79.1 Å². The van der Waals surface area contributed by atoms with E-state index in [-0.39, 0.29) is 6.17 Å². The third-order valence-corrected chi connectivity index (χ3v) is 8.69. The van der Waals surface area contributed by atoms with E-state index in [2.05, 4.69) is 47.3 Å². The van der Waals surface area contributed by atoms with Gasteiger partial charge in [0.1, 0.15) is 6.17 Å². The normalized spacial score (nSPS) is 39.0. The third kappa shape index (κ3) is 5.29. The van der Waals surface area contributed by atoms with Crippen molar-refractivity contribution < 1.29 is 9.90 Å². The Hall–Kier alpha value is -0.690. The maximum absolute atomic E-state index is 13.4. The van der Waals surface area contributed by atoms with Crippen molar-refractivity contribution in [1.29, 1.82) is 0 Å². The molecular weight excluding hydrogens is 412 g/mol. The van der Waals surface area contributed by atoms with E-state index in [1.807, 2.05) is 0 Å². The number of nitrogens with zero attached hydrogens (tertiary/aromatic N) is 4. The molecule has 1 N–H and O–H groups in total. The Kier molecular flexibility index (Phi) is 8.41. The smallest absolute Gasteiger partial charge is 0.342 e. The van der Waals surface area contributed by atoms with Gasteiger partial charge >= 0.3 is 5.97 Å². The Morgan fingerprint density at radius 3 is 1.39 bits per heavy atom. The number of hydrogen-bond donors (Lipinski definition) is 1. The van der Waals surface area contributed by atoms with Crippen LogP contribution in [0.15, 0.2) is 0 Å². The predicted molar refractivity (Wildman–Crippen MR) is 134 cm³/mol. The first-order chi connectivity index (χ1) is 16.0. The summed E-state index contributed by atoms with van der Waals surface area (Å²) in [5, 5.41) is 11.0. The van der Waals surface area contributed by atoms with Gasteiger partial charge in [0.15, 0.2) is 0 Å². The van der Waals surface area contributed by atoms with Crippen molar-refractivity contribution in [3.63, 3.8) is 0 Å². The Bertz CT molecular complexity index is 614. The van der Waals surface area contributed by atoms with Gasteiger partial charge in [0.2, 0.25) is 5.66 Å². The summed E-state index contributed by atoms with van der Waals surface area (Å²) < 4.78 is 0. The number of aliphatic carboxylic acids is 1. The maximum Gasteiger partial charge on any atom is 0.342 e. The largest absolute Gasteiger partial charge is 0.479 e. The average molecular weight is 463 g/mol. The first-order valence-corrected chi connectivity index (χ1v) is 14.3. The Morgan fingerprint density at radius 2 is 1.06 bits per heavy atom. The highest BCUT2D eigenvalue weighted by molar-refractivity contribution is 5.81. The molecule has 0 aliphatic carbocycles. The van der Waals surface area contributed by atoms with Crippen LogP contribution in [0.4, 0.5) is 0 Å². The van der Waals surface area contributed by atoms with Crippen LogP contribution in [-0.2, 0) is 4.79 Å². The van der Waals surface area contributed by atoms with E-state index in [1.54, 1.807) is 0 Å². The molecule has 6 nitrogen and oxygen atoms in total. The van der Waals surface area contributed by atoms with Gasteiger partial charge in [0.05, 0.1) is 0 Å². The number of rotatable bonds is 18. The summed E-state index contributed by atoms with van der Waals surface area (Å²) in [5.41, 5.74) is -0.862. The van der Waals surface area contributed by atoms with Crippen LogP contribution in [0.3, 0.4) is 0 Å². The van der Waals surface area contributed by atoms with Crippen molar-refractivity contribution in [3.8, 4) is 0 Å². The summed E-state index contributed by atoms with van der Waals surface area (Å²) in [4.78, 5) is 23.4. The zero-order valence-electron chi connectivity index (χ0n) is 21.8. The highest BCUT2D eigenvalue weighted by Crippen LogP contribution is 2.51. The number of carbonyl (C=O) groups is 1. The Balaban J connectivity index is 1.61. The molecule has 4 rings (SSSR count). The van der Waals surface area contributed by atoms with E-state index in [4.69, 9.17) is 0 Å². The van der Waals surface area contributed by atoms with Crippen molar-refractivity contribution in [1.82, 2.24) is 19.6 Å². The SMILES string of the molecule is CCCCC1CN1C(N1CC1CCCC)C(C(=O)O)(N1CC1CCCC)N1CC1CCCC. The van der Waals surface area contributed by atoms with Crippen LogP contribution < -0.4 is 0 Å². The second kappa shape index (κ2) is 10.9. The summed E-state index contributed by atoms with van der Waals surface area (Å²) in [6, 6.07) is 2.03. The van der Waals surface area contributed by atoms with Crippen LogP contribution in [-0.4, -0.2) is 92.9 Å². The zero-order chi connectivity index (χ0) is 23.6. The lowest BCUT2D eigenvalue weighted by molar-refractivity contribution is -0.165. The molecule has 4 fully saturated rings. The third-order valence-electron chi connectivity index (χ3n) is 8.69. The lowest BCUT2D eigenvalue weighted by Gasteiger charge is -2.43. The molecule has 0 aromatic rings. The topological polar surface area (TPSA) is 49.3 Å². The monoisotopic (exact) mass is 462 g/mol. The van der Waals surface area contributed by atoms with Gasteiger partial charge in [-0.25, -0.2) is 4.79 Å². The molecule has 4 saturated heterocycles. The number of carboxylic acids is 1.